The van der Waals surface area contributed by atoms with E-state index in [4.69, 9.17) is 10.4 Å². The molecular weight excluding hydrogens is 211 g/mol. The van der Waals surface area contributed by atoms with Crippen molar-refractivity contribution in [2.75, 3.05) is 0 Å². The quantitative estimate of drug-likeness (QED) is 0.766. The Balaban J connectivity index is 3.45. The molecule has 0 spiro atoms. The van der Waals surface area contributed by atoms with Gasteiger partial charge in [-0.05, 0) is 6.07 Å². The van der Waals surface area contributed by atoms with Crippen molar-refractivity contribution in [3.63, 3.8) is 0 Å². The molecule has 0 aliphatic heterocycles. The molecule has 1 aromatic carbocycles. The van der Waals surface area contributed by atoms with Gasteiger partial charge in [0.15, 0.2) is 11.6 Å². The van der Waals surface area contributed by atoms with Crippen molar-refractivity contribution in [3.05, 3.63) is 34.6 Å². The zero-order valence-electron chi connectivity index (χ0n) is 7.22. The van der Waals surface area contributed by atoms with E-state index in [-0.39, 0.29) is 0 Å². The van der Waals surface area contributed by atoms with E-state index in [0.29, 0.717) is 6.07 Å². The summed E-state index contributed by atoms with van der Waals surface area (Å²) in [6.07, 6.45) is -0.528. The predicted molar refractivity (Wildman–Crippen MR) is 42.6 cm³/mol. The topological polar surface area (TPSA) is 61.1 Å². The maximum atomic E-state index is 13.0. The molecule has 0 unspecified atom stereocenters. The van der Waals surface area contributed by atoms with Crippen LogP contribution in [0.1, 0.15) is 15.9 Å². The van der Waals surface area contributed by atoms with Crippen LogP contribution in [0.3, 0.4) is 0 Å². The molecule has 1 aromatic rings. The summed E-state index contributed by atoms with van der Waals surface area (Å²) in [4.78, 5) is 10.4. The minimum Gasteiger partial charge on any atom is -0.477 e. The van der Waals surface area contributed by atoms with Gasteiger partial charge in [0.25, 0.3) is 0 Å². The molecule has 78 valence electrons. The summed E-state index contributed by atoms with van der Waals surface area (Å²) in [5.74, 6) is -6.58. The van der Waals surface area contributed by atoms with Gasteiger partial charge in [-0.1, -0.05) is 0 Å². The van der Waals surface area contributed by atoms with Crippen molar-refractivity contribution in [2.24, 2.45) is 0 Å². The number of carboxylic acid groups (broad SMARTS) is 1. The van der Waals surface area contributed by atoms with E-state index >= 15 is 0 Å². The van der Waals surface area contributed by atoms with E-state index in [1.807, 2.05) is 0 Å². The minimum absolute atomic E-state index is 0.502. The number of nitrogens with zero attached hydrogens (tertiary/aromatic N) is 1. The largest absolute Gasteiger partial charge is 0.477 e. The number of carboxylic acids is 1. The summed E-state index contributed by atoms with van der Waals surface area (Å²) in [7, 11) is 0. The Labute approximate surface area is 82.4 Å². The highest BCUT2D eigenvalue weighted by molar-refractivity contribution is 5.88. The molecular formula is C9H4F3NO2. The van der Waals surface area contributed by atoms with E-state index in [0.717, 1.165) is 0 Å². The molecule has 0 saturated heterocycles. The Morgan fingerprint density at radius 2 is 2.00 bits per heavy atom. The number of benzene rings is 1. The molecule has 0 aromatic heterocycles. The zero-order chi connectivity index (χ0) is 11.6. The lowest BCUT2D eigenvalue weighted by Gasteiger charge is -2.04. The fraction of sp³-hybridized carbons (Fsp3) is 0.111. The van der Waals surface area contributed by atoms with Gasteiger partial charge in [-0.15, -0.1) is 0 Å². The molecule has 0 amide bonds. The van der Waals surface area contributed by atoms with Crippen LogP contribution < -0.4 is 0 Å². The average molecular weight is 215 g/mol. The first-order valence-corrected chi connectivity index (χ1v) is 3.75. The molecule has 15 heavy (non-hydrogen) atoms. The number of rotatable bonds is 2. The maximum absolute atomic E-state index is 13.0. The Kier molecular flexibility index (Phi) is 2.95. The summed E-state index contributed by atoms with van der Waals surface area (Å²) in [6, 6.07) is 2.01. The third kappa shape index (κ3) is 1.91. The molecule has 0 aliphatic carbocycles. The number of hydrogen-bond acceptors (Lipinski definition) is 2. The molecule has 0 fully saturated rings. The van der Waals surface area contributed by atoms with Gasteiger partial charge in [-0.2, -0.15) is 5.26 Å². The lowest BCUT2D eigenvalue weighted by Crippen LogP contribution is -2.09. The Bertz CT molecular complexity index is 465. The van der Waals surface area contributed by atoms with Crippen LogP contribution in [-0.4, -0.2) is 11.1 Å². The Morgan fingerprint density at radius 1 is 1.40 bits per heavy atom. The third-order valence-corrected chi connectivity index (χ3v) is 1.72. The molecule has 0 heterocycles. The van der Waals surface area contributed by atoms with Gasteiger partial charge in [0.05, 0.1) is 12.5 Å². The van der Waals surface area contributed by atoms with Crippen LogP contribution in [0.5, 0.6) is 0 Å². The monoisotopic (exact) mass is 215 g/mol. The number of aromatic carboxylic acids is 1. The lowest BCUT2D eigenvalue weighted by atomic mass is 10.1. The van der Waals surface area contributed by atoms with Crippen molar-refractivity contribution in [1.82, 2.24) is 0 Å². The predicted octanol–water partition coefficient (Wildman–Crippen LogP) is 1.87. The SMILES string of the molecule is N#CCc1cc(F)c(C(=O)O)c(F)c1F. The highest BCUT2D eigenvalue weighted by Gasteiger charge is 2.23. The molecule has 0 aliphatic rings. The number of nitriles is 1. The zero-order valence-corrected chi connectivity index (χ0v) is 7.22. The normalized spacial score (nSPS) is 9.73. The van der Waals surface area contributed by atoms with Gasteiger partial charge < -0.3 is 5.11 Å². The first-order valence-electron chi connectivity index (χ1n) is 3.75. The molecule has 6 heteroatoms. The van der Waals surface area contributed by atoms with Crippen LogP contribution in [0.15, 0.2) is 6.07 Å². The van der Waals surface area contributed by atoms with Crippen molar-refractivity contribution >= 4 is 5.97 Å². The van der Waals surface area contributed by atoms with Gasteiger partial charge in [0, 0.05) is 5.56 Å². The van der Waals surface area contributed by atoms with Crippen LogP contribution in [0.4, 0.5) is 13.2 Å². The first kappa shape index (κ1) is 11.0. The molecule has 0 saturated carbocycles. The summed E-state index contributed by atoms with van der Waals surface area (Å²) in [5, 5.41) is 16.6. The van der Waals surface area contributed by atoms with Crippen LogP contribution in [0, 0.1) is 28.8 Å². The Morgan fingerprint density at radius 3 is 2.47 bits per heavy atom. The van der Waals surface area contributed by atoms with Gasteiger partial charge in [-0.25, -0.2) is 18.0 Å². The molecule has 0 radical (unpaired) electrons. The average Bonchev–Trinajstić information content (AvgIpc) is 2.13. The fourth-order valence-corrected chi connectivity index (χ4v) is 1.05. The van der Waals surface area contributed by atoms with E-state index in [9.17, 15) is 18.0 Å². The number of carbonyl (C=O) groups is 1. The van der Waals surface area contributed by atoms with Crippen LogP contribution in [0.2, 0.25) is 0 Å². The van der Waals surface area contributed by atoms with E-state index in [1.165, 1.54) is 6.07 Å². The highest BCUT2D eigenvalue weighted by Crippen LogP contribution is 2.20. The fourth-order valence-electron chi connectivity index (χ4n) is 1.05. The molecule has 0 bridgehead atoms. The van der Waals surface area contributed by atoms with Crippen molar-refractivity contribution in [3.8, 4) is 6.07 Å². The van der Waals surface area contributed by atoms with E-state index in [2.05, 4.69) is 0 Å². The smallest absolute Gasteiger partial charge is 0.341 e. The van der Waals surface area contributed by atoms with Crippen LogP contribution in [-0.2, 0) is 6.42 Å². The molecule has 3 nitrogen and oxygen atoms in total. The van der Waals surface area contributed by atoms with Gasteiger partial charge in [-0.3, -0.25) is 0 Å². The summed E-state index contributed by atoms with van der Waals surface area (Å²) in [5.41, 5.74) is -1.85. The summed E-state index contributed by atoms with van der Waals surface area (Å²) >= 11 is 0. The van der Waals surface area contributed by atoms with Gasteiger partial charge >= 0.3 is 5.97 Å². The van der Waals surface area contributed by atoms with Gasteiger partial charge in [0.2, 0.25) is 0 Å². The summed E-state index contributed by atoms with van der Waals surface area (Å²) < 4.78 is 39.0. The van der Waals surface area contributed by atoms with Crippen LogP contribution >= 0.6 is 0 Å². The molecule has 1 rings (SSSR count). The lowest BCUT2D eigenvalue weighted by molar-refractivity contribution is 0.0685. The van der Waals surface area contributed by atoms with Crippen molar-refractivity contribution in [2.45, 2.75) is 6.42 Å². The maximum Gasteiger partial charge on any atom is 0.341 e. The van der Waals surface area contributed by atoms with Crippen molar-refractivity contribution in [1.29, 1.82) is 5.26 Å². The standard InChI is InChI=1S/C9H4F3NO2/c10-5-3-4(1-2-13)7(11)8(12)6(5)9(14)15/h3H,1H2,(H,14,15). The first-order chi connectivity index (χ1) is 6.99. The van der Waals surface area contributed by atoms with Crippen LogP contribution in [0.25, 0.3) is 0 Å². The second-order valence-corrected chi connectivity index (χ2v) is 2.66. The van der Waals surface area contributed by atoms with Gasteiger partial charge in [0.1, 0.15) is 11.4 Å². The van der Waals surface area contributed by atoms with E-state index in [1.54, 1.807) is 0 Å². The summed E-state index contributed by atoms with van der Waals surface area (Å²) in [6.45, 7) is 0. The minimum atomic E-state index is -1.90. The second-order valence-electron chi connectivity index (χ2n) is 2.66. The molecule has 1 N–H and O–H groups in total. The number of halogens is 3. The third-order valence-electron chi connectivity index (χ3n) is 1.72. The second kappa shape index (κ2) is 4.00. The van der Waals surface area contributed by atoms with E-state index < -0.39 is 41.0 Å². The van der Waals surface area contributed by atoms with Crippen molar-refractivity contribution < 1.29 is 23.1 Å². The highest BCUT2D eigenvalue weighted by atomic mass is 19.2. The Hall–Kier alpha value is -2.03. The molecule has 0 atom stereocenters. The number of hydrogen-bond donors (Lipinski definition) is 1.